The number of nitrogens with zero attached hydrogens (tertiary/aromatic N) is 5. The van der Waals surface area contributed by atoms with Crippen LogP contribution in [0.5, 0.6) is 5.75 Å². The number of hydrogen-bond acceptors (Lipinski definition) is 6. The van der Waals surface area contributed by atoms with Crippen LogP contribution in [0.1, 0.15) is 53.9 Å². The zero-order valence-corrected chi connectivity index (χ0v) is 21.8. The van der Waals surface area contributed by atoms with Crippen LogP contribution in [-0.4, -0.2) is 56.7 Å². The number of amides is 1. The molecule has 0 saturated carbocycles. The molecular weight excluding hydrogens is 470 g/mol. The van der Waals surface area contributed by atoms with E-state index < -0.39 is 0 Å². The molecule has 1 aromatic carbocycles. The topological polar surface area (TPSA) is 63.5 Å². The predicted octanol–water partition coefficient (Wildman–Crippen LogP) is 4.98. The first-order valence-electron chi connectivity index (χ1n) is 11.6. The minimum Gasteiger partial charge on any atom is -0.471 e. The second-order valence-corrected chi connectivity index (χ2v) is 11.0. The molecule has 0 unspecified atom stereocenters. The smallest absolute Gasteiger partial charge is 0.274 e. The van der Waals surface area contributed by atoms with Crippen LogP contribution >= 0.6 is 22.9 Å². The minimum absolute atomic E-state index is 0.0355. The summed E-state index contributed by atoms with van der Waals surface area (Å²) >= 11 is 7.80. The number of carbonyl (C=O) groups is 1. The molecule has 3 aromatic rings. The molecule has 0 spiro atoms. The summed E-state index contributed by atoms with van der Waals surface area (Å²) in [7, 11) is 0. The molecule has 0 atom stereocenters. The Hall–Kier alpha value is -2.42. The first-order chi connectivity index (χ1) is 16.2. The summed E-state index contributed by atoms with van der Waals surface area (Å²) < 4.78 is 7.42. The van der Waals surface area contributed by atoms with Crippen molar-refractivity contribution in [2.75, 3.05) is 26.2 Å². The lowest BCUT2D eigenvalue weighted by Crippen LogP contribution is -2.35. The third-order valence-electron chi connectivity index (χ3n) is 5.81. The Labute approximate surface area is 210 Å². The Bertz CT molecular complexity index is 1140. The number of rotatable bonds is 6. The van der Waals surface area contributed by atoms with E-state index in [-0.39, 0.29) is 18.1 Å². The molecule has 0 N–H and O–H groups in total. The van der Waals surface area contributed by atoms with Gasteiger partial charge in [0.15, 0.2) is 12.4 Å². The highest BCUT2D eigenvalue weighted by atomic mass is 35.5. The number of aromatic nitrogens is 3. The summed E-state index contributed by atoms with van der Waals surface area (Å²) in [6.07, 6.45) is 2.71. The standard InChI is InChI=1S/C25H32ClN5O2S/c1-18-14-20(6-7-21(18)26)33-17-31-11-8-22(28-31)23(32)30-10-5-9-29(12-13-30)15-19-16-34-24(27-19)25(2,3)4/h6-8,11,14,16H,5,9-10,12-13,15,17H2,1-4H3. The second kappa shape index (κ2) is 10.5. The van der Waals surface area contributed by atoms with Crippen molar-refractivity contribution in [3.8, 4) is 5.75 Å². The predicted molar refractivity (Wildman–Crippen MR) is 136 cm³/mol. The highest BCUT2D eigenvalue weighted by Gasteiger charge is 2.23. The molecule has 1 aliphatic heterocycles. The molecule has 0 radical (unpaired) electrons. The maximum atomic E-state index is 13.1. The fraction of sp³-hybridized carbons (Fsp3) is 0.480. The number of thiazole rings is 1. The highest BCUT2D eigenvalue weighted by molar-refractivity contribution is 7.09. The van der Waals surface area contributed by atoms with Gasteiger partial charge in [-0.05, 0) is 43.2 Å². The van der Waals surface area contributed by atoms with E-state index in [4.69, 9.17) is 21.3 Å². The van der Waals surface area contributed by atoms with Crippen molar-refractivity contribution >= 4 is 28.8 Å². The van der Waals surface area contributed by atoms with Crippen LogP contribution in [0.2, 0.25) is 5.02 Å². The second-order valence-electron chi connectivity index (χ2n) is 9.74. The first kappa shape index (κ1) is 24.7. The lowest BCUT2D eigenvalue weighted by atomic mass is 9.98. The van der Waals surface area contributed by atoms with E-state index in [2.05, 4.69) is 36.1 Å². The monoisotopic (exact) mass is 501 g/mol. The van der Waals surface area contributed by atoms with Gasteiger partial charge in [0.05, 0.1) is 10.7 Å². The van der Waals surface area contributed by atoms with Gasteiger partial charge in [-0.1, -0.05) is 32.4 Å². The van der Waals surface area contributed by atoms with Crippen LogP contribution in [0, 0.1) is 6.92 Å². The van der Waals surface area contributed by atoms with Crippen molar-refractivity contribution in [1.82, 2.24) is 24.6 Å². The Balaban J connectivity index is 1.30. The summed E-state index contributed by atoms with van der Waals surface area (Å²) in [4.78, 5) is 22.2. The van der Waals surface area contributed by atoms with Crippen LogP contribution in [0.4, 0.5) is 0 Å². The van der Waals surface area contributed by atoms with E-state index >= 15 is 0 Å². The number of carbonyl (C=O) groups excluding carboxylic acids is 1. The molecule has 3 heterocycles. The Kier molecular flexibility index (Phi) is 7.60. The molecule has 2 aromatic heterocycles. The van der Waals surface area contributed by atoms with Gasteiger partial charge in [-0.15, -0.1) is 11.3 Å². The van der Waals surface area contributed by atoms with E-state index in [1.807, 2.05) is 30.0 Å². The van der Waals surface area contributed by atoms with Gasteiger partial charge in [0, 0.05) is 54.7 Å². The Morgan fingerprint density at radius 2 is 2.00 bits per heavy atom. The summed E-state index contributed by atoms with van der Waals surface area (Å²) in [5.41, 5.74) is 2.59. The maximum Gasteiger partial charge on any atom is 0.274 e. The van der Waals surface area contributed by atoms with Crippen molar-refractivity contribution < 1.29 is 9.53 Å². The Morgan fingerprint density at radius 1 is 1.18 bits per heavy atom. The summed E-state index contributed by atoms with van der Waals surface area (Å²) in [6.45, 7) is 12.8. The average Bonchev–Trinajstić information content (AvgIpc) is 3.40. The molecule has 4 rings (SSSR count). The fourth-order valence-corrected chi connectivity index (χ4v) is 4.86. The number of ether oxygens (including phenoxy) is 1. The number of aryl methyl sites for hydroxylation is 1. The van der Waals surface area contributed by atoms with Gasteiger partial charge in [0.25, 0.3) is 5.91 Å². The molecular formula is C25H32ClN5O2S. The van der Waals surface area contributed by atoms with Crippen molar-refractivity contribution in [2.24, 2.45) is 0 Å². The van der Waals surface area contributed by atoms with Crippen LogP contribution in [0.15, 0.2) is 35.8 Å². The van der Waals surface area contributed by atoms with E-state index in [9.17, 15) is 4.79 Å². The summed E-state index contributed by atoms with van der Waals surface area (Å²) in [6, 6.07) is 7.27. The zero-order chi connectivity index (χ0) is 24.3. The maximum absolute atomic E-state index is 13.1. The SMILES string of the molecule is Cc1cc(OCn2ccc(C(=O)N3CCCN(Cc4csc(C(C)(C)C)n4)CC3)n2)ccc1Cl. The number of hydrogen-bond donors (Lipinski definition) is 0. The molecule has 7 nitrogen and oxygen atoms in total. The van der Waals surface area contributed by atoms with E-state index in [1.165, 1.54) is 5.01 Å². The first-order valence-corrected chi connectivity index (χ1v) is 12.8. The number of benzene rings is 1. The molecule has 0 bridgehead atoms. The van der Waals surface area contributed by atoms with E-state index in [1.54, 1.807) is 28.3 Å². The van der Waals surface area contributed by atoms with Gasteiger partial charge >= 0.3 is 0 Å². The normalized spacial score (nSPS) is 15.4. The van der Waals surface area contributed by atoms with E-state index in [0.717, 1.165) is 43.9 Å². The molecule has 9 heteroatoms. The van der Waals surface area contributed by atoms with Gasteiger partial charge in [-0.25, -0.2) is 9.67 Å². The van der Waals surface area contributed by atoms with Crippen LogP contribution < -0.4 is 4.74 Å². The molecule has 0 aliphatic carbocycles. The largest absolute Gasteiger partial charge is 0.471 e. The van der Waals surface area contributed by atoms with Crippen molar-refractivity contribution in [1.29, 1.82) is 0 Å². The van der Waals surface area contributed by atoms with Crippen molar-refractivity contribution in [3.63, 3.8) is 0 Å². The third kappa shape index (κ3) is 6.17. The van der Waals surface area contributed by atoms with Gasteiger partial charge < -0.3 is 9.64 Å². The van der Waals surface area contributed by atoms with E-state index in [0.29, 0.717) is 23.0 Å². The lowest BCUT2D eigenvalue weighted by Gasteiger charge is -2.21. The van der Waals surface area contributed by atoms with Crippen molar-refractivity contribution in [3.05, 3.63) is 62.8 Å². The van der Waals surface area contributed by atoms with Crippen molar-refractivity contribution in [2.45, 2.75) is 52.8 Å². The van der Waals surface area contributed by atoms with Gasteiger partial charge in [0.2, 0.25) is 0 Å². The summed E-state index contributed by atoms with van der Waals surface area (Å²) in [5, 5.41) is 8.47. The zero-order valence-electron chi connectivity index (χ0n) is 20.3. The highest BCUT2D eigenvalue weighted by Crippen LogP contribution is 2.26. The minimum atomic E-state index is -0.0355. The van der Waals surface area contributed by atoms with Gasteiger partial charge in [-0.3, -0.25) is 9.69 Å². The molecule has 34 heavy (non-hydrogen) atoms. The molecule has 1 saturated heterocycles. The average molecular weight is 502 g/mol. The van der Waals surface area contributed by atoms with Gasteiger partial charge in [0.1, 0.15) is 5.75 Å². The van der Waals surface area contributed by atoms with Crippen LogP contribution in [-0.2, 0) is 18.7 Å². The van der Waals surface area contributed by atoms with Crippen LogP contribution in [0.3, 0.4) is 0 Å². The molecule has 1 fully saturated rings. The number of halogens is 1. The molecule has 1 amide bonds. The van der Waals surface area contributed by atoms with Gasteiger partial charge in [-0.2, -0.15) is 5.10 Å². The van der Waals surface area contributed by atoms with Crippen LogP contribution in [0.25, 0.3) is 0 Å². The lowest BCUT2D eigenvalue weighted by molar-refractivity contribution is 0.0753. The quantitative estimate of drug-likeness (QED) is 0.476. The fourth-order valence-electron chi connectivity index (χ4n) is 3.84. The summed E-state index contributed by atoms with van der Waals surface area (Å²) in [5.74, 6) is 0.680. The third-order valence-corrected chi connectivity index (χ3v) is 7.55. The molecule has 182 valence electrons. The molecule has 1 aliphatic rings. The Morgan fingerprint density at radius 3 is 2.74 bits per heavy atom.